The van der Waals surface area contributed by atoms with E-state index in [1.54, 1.807) is 4.68 Å². The number of hydrogen-bond donors (Lipinski definition) is 1. The molecule has 152 valence electrons. The molecule has 1 aromatic rings. The first-order chi connectivity index (χ1) is 13.3. The Balaban J connectivity index is 1.45. The summed E-state index contributed by atoms with van der Waals surface area (Å²) in [6, 6.07) is 0. The van der Waals surface area contributed by atoms with Crippen molar-refractivity contribution in [2.24, 2.45) is 41.5 Å². The average Bonchev–Trinajstić information content (AvgIpc) is 3.18. The summed E-state index contributed by atoms with van der Waals surface area (Å²) < 4.78 is 1.80. The number of aliphatic hydroxyl groups is 1. The van der Waals surface area contributed by atoms with Crippen LogP contribution in [0.25, 0.3) is 6.08 Å². The van der Waals surface area contributed by atoms with Crippen LogP contribution >= 0.6 is 0 Å². The third kappa shape index (κ3) is 2.59. The number of aromatic nitrogens is 2. The van der Waals surface area contributed by atoms with Crippen LogP contribution in [-0.2, 0) is 11.8 Å². The summed E-state index contributed by atoms with van der Waals surface area (Å²) in [6.07, 6.45) is 14.6. The SMILES string of the molecule is Cn1cc(/C=C2\C[C@H]3[C@@H]4CC[C@H]5C[C@H](O)CC[C@]5(C)[C@H]4CC[C@]3(C)C2=O)cn1. The van der Waals surface area contributed by atoms with Crippen molar-refractivity contribution >= 4 is 11.9 Å². The van der Waals surface area contributed by atoms with E-state index in [1.807, 2.05) is 19.4 Å². The number of allylic oxidation sites excluding steroid dienone is 1. The quantitative estimate of drug-likeness (QED) is 0.733. The third-order valence-corrected chi connectivity index (χ3v) is 9.34. The molecule has 0 spiro atoms. The molecule has 1 aromatic heterocycles. The molecule has 5 rings (SSSR count). The Morgan fingerprint density at radius 2 is 2.00 bits per heavy atom. The average molecular weight is 383 g/mol. The van der Waals surface area contributed by atoms with Gasteiger partial charge in [0.25, 0.3) is 0 Å². The molecule has 4 nitrogen and oxygen atoms in total. The van der Waals surface area contributed by atoms with E-state index in [4.69, 9.17) is 0 Å². The van der Waals surface area contributed by atoms with Gasteiger partial charge in [0, 0.05) is 24.2 Å². The van der Waals surface area contributed by atoms with Gasteiger partial charge in [-0.15, -0.1) is 0 Å². The number of aryl methyl sites for hydroxylation is 1. The topological polar surface area (TPSA) is 55.1 Å². The maximum atomic E-state index is 13.4. The van der Waals surface area contributed by atoms with Crippen molar-refractivity contribution in [3.05, 3.63) is 23.5 Å². The van der Waals surface area contributed by atoms with E-state index in [-0.39, 0.29) is 11.5 Å². The van der Waals surface area contributed by atoms with Crippen LogP contribution in [0.15, 0.2) is 18.0 Å². The Morgan fingerprint density at radius 1 is 1.18 bits per heavy atom. The summed E-state index contributed by atoms with van der Waals surface area (Å²) in [5.41, 5.74) is 2.25. The minimum atomic E-state index is -0.174. The number of fused-ring (bicyclic) bond motifs is 5. The smallest absolute Gasteiger partial charge is 0.165 e. The molecule has 0 unspecified atom stereocenters. The summed E-state index contributed by atoms with van der Waals surface area (Å²) in [4.78, 5) is 13.4. The van der Waals surface area contributed by atoms with Gasteiger partial charge in [-0.25, -0.2) is 0 Å². The Hall–Kier alpha value is -1.42. The molecule has 0 bridgehead atoms. The van der Waals surface area contributed by atoms with Crippen molar-refractivity contribution in [2.45, 2.75) is 71.3 Å². The van der Waals surface area contributed by atoms with Crippen LogP contribution in [0.5, 0.6) is 0 Å². The fourth-order valence-electron chi connectivity index (χ4n) is 7.75. The second-order valence-corrected chi connectivity index (χ2v) is 10.7. The van der Waals surface area contributed by atoms with Crippen LogP contribution in [-0.4, -0.2) is 26.8 Å². The van der Waals surface area contributed by atoms with Crippen molar-refractivity contribution in [2.75, 3.05) is 0 Å². The summed E-state index contributed by atoms with van der Waals surface area (Å²) in [6.45, 7) is 4.76. The summed E-state index contributed by atoms with van der Waals surface area (Å²) in [5, 5.41) is 14.5. The maximum absolute atomic E-state index is 13.4. The molecule has 4 aliphatic rings. The van der Waals surface area contributed by atoms with Gasteiger partial charge in [-0.1, -0.05) is 13.8 Å². The Morgan fingerprint density at radius 3 is 2.75 bits per heavy atom. The molecule has 0 saturated heterocycles. The van der Waals surface area contributed by atoms with E-state index < -0.39 is 0 Å². The van der Waals surface area contributed by atoms with E-state index >= 15 is 0 Å². The van der Waals surface area contributed by atoms with E-state index in [9.17, 15) is 9.90 Å². The molecule has 4 saturated carbocycles. The van der Waals surface area contributed by atoms with Crippen LogP contribution in [0.4, 0.5) is 0 Å². The van der Waals surface area contributed by atoms with Crippen LogP contribution < -0.4 is 0 Å². The van der Waals surface area contributed by atoms with Gasteiger partial charge in [-0.3, -0.25) is 9.48 Å². The molecular weight excluding hydrogens is 348 g/mol. The first-order valence-corrected chi connectivity index (χ1v) is 11.2. The number of aliphatic hydroxyl groups excluding tert-OH is 1. The molecule has 4 heteroatoms. The number of hydrogen-bond acceptors (Lipinski definition) is 3. The highest BCUT2D eigenvalue weighted by atomic mass is 16.3. The molecule has 4 aliphatic carbocycles. The van der Waals surface area contributed by atoms with Crippen LogP contribution in [0, 0.1) is 34.5 Å². The van der Waals surface area contributed by atoms with Crippen molar-refractivity contribution in [1.29, 1.82) is 0 Å². The second-order valence-electron chi connectivity index (χ2n) is 10.7. The second kappa shape index (κ2) is 6.29. The minimum Gasteiger partial charge on any atom is -0.393 e. The molecule has 0 aromatic carbocycles. The van der Waals surface area contributed by atoms with Gasteiger partial charge in [0.2, 0.25) is 0 Å². The normalized spacial score (nSPS) is 46.9. The lowest BCUT2D eigenvalue weighted by atomic mass is 9.45. The zero-order chi connectivity index (χ0) is 19.7. The Labute approximate surface area is 168 Å². The predicted octanol–water partition coefficient (Wildman–Crippen LogP) is 4.39. The number of rotatable bonds is 1. The summed E-state index contributed by atoms with van der Waals surface area (Å²) in [7, 11) is 1.92. The highest BCUT2D eigenvalue weighted by Gasteiger charge is 2.61. The molecule has 7 atom stereocenters. The molecule has 28 heavy (non-hydrogen) atoms. The minimum absolute atomic E-state index is 0.0921. The molecule has 4 fully saturated rings. The molecule has 0 radical (unpaired) electrons. The maximum Gasteiger partial charge on any atom is 0.165 e. The first kappa shape index (κ1) is 18.6. The lowest BCUT2D eigenvalue weighted by Gasteiger charge is -2.59. The van der Waals surface area contributed by atoms with E-state index in [2.05, 4.69) is 25.0 Å². The standard InChI is InChI=1S/C24H34N2O2/c1-23-8-6-18(27)12-17(23)4-5-19-20(23)7-9-24(2)21(19)11-16(22(24)28)10-15-13-25-26(3)14-15/h10,13-14,17-21,27H,4-9,11-12H2,1-3H3/b16-10+/t17-,18+,19+,20-,21-,23-,24-/m0/s1. The predicted molar refractivity (Wildman–Crippen MR) is 109 cm³/mol. The molecule has 0 amide bonds. The van der Waals surface area contributed by atoms with Gasteiger partial charge in [-0.2, -0.15) is 5.10 Å². The van der Waals surface area contributed by atoms with E-state index in [0.717, 1.165) is 49.2 Å². The number of ketones is 1. The lowest BCUT2D eigenvalue weighted by molar-refractivity contribution is -0.141. The summed E-state index contributed by atoms with van der Waals surface area (Å²) in [5.74, 6) is 2.95. The van der Waals surface area contributed by atoms with Crippen molar-refractivity contribution in [3.63, 3.8) is 0 Å². The highest BCUT2D eigenvalue weighted by Crippen LogP contribution is 2.66. The van der Waals surface area contributed by atoms with Crippen molar-refractivity contribution in [3.8, 4) is 0 Å². The molecular formula is C24H34N2O2. The number of carbonyl (C=O) groups excluding carboxylic acids is 1. The Kier molecular flexibility index (Phi) is 4.18. The van der Waals surface area contributed by atoms with Gasteiger partial charge in [0.15, 0.2) is 5.78 Å². The van der Waals surface area contributed by atoms with Gasteiger partial charge in [-0.05, 0) is 92.1 Å². The van der Waals surface area contributed by atoms with Crippen LogP contribution in [0.1, 0.15) is 70.8 Å². The van der Waals surface area contributed by atoms with Gasteiger partial charge >= 0.3 is 0 Å². The lowest BCUT2D eigenvalue weighted by Crippen LogP contribution is -2.54. The number of nitrogens with zero attached hydrogens (tertiary/aromatic N) is 2. The van der Waals surface area contributed by atoms with E-state index in [1.165, 1.54) is 19.3 Å². The third-order valence-electron chi connectivity index (χ3n) is 9.34. The molecule has 0 aliphatic heterocycles. The number of carbonyl (C=O) groups is 1. The first-order valence-electron chi connectivity index (χ1n) is 11.2. The molecule has 1 N–H and O–H groups in total. The van der Waals surface area contributed by atoms with Crippen molar-refractivity contribution < 1.29 is 9.90 Å². The van der Waals surface area contributed by atoms with Gasteiger partial charge in [0.05, 0.1) is 12.3 Å². The monoisotopic (exact) mass is 382 g/mol. The fourth-order valence-corrected chi connectivity index (χ4v) is 7.75. The molecule has 1 heterocycles. The van der Waals surface area contributed by atoms with Crippen LogP contribution in [0.2, 0.25) is 0 Å². The highest BCUT2D eigenvalue weighted by molar-refractivity contribution is 6.05. The van der Waals surface area contributed by atoms with E-state index in [0.29, 0.717) is 29.0 Å². The largest absolute Gasteiger partial charge is 0.393 e. The zero-order valence-corrected chi connectivity index (χ0v) is 17.5. The van der Waals surface area contributed by atoms with Gasteiger partial charge in [0.1, 0.15) is 0 Å². The fraction of sp³-hybridized carbons (Fsp3) is 0.750. The summed E-state index contributed by atoms with van der Waals surface area (Å²) >= 11 is 0. The Bertz CT molecular complexity index is 826. The van der Waals surface area contributed by atoms with Crippen molar-refractivity contribution in [1.82, 2.24) is 9.78 Å². The number of Topliss-reactive ketones (excluding diaryl/α,β-unsaturated/α-hetero) is 1. The zero-order valence-electron chi connectivity index (χ0n) is 17.5. The van der Waals surface area contributed by atoms with Crippen LogP contribution in [0.3, 0.4) is 0 Å². The van der Waals surface area contributed by atoms with Gasteiger partial charge < -0.3 is 5.11 Å².